The number of rotatable bonds is 9. The highest BCUT2D eigenvalue weighted by atomic mass is 16.6. The second-order valence-corrected chi connectivity index (χ2v) is 7.16. The van der Waals surface area contributed by atoms with Gasteiger partial charge in [-0.2, -0.15) is 0 Å². The van der Waals surface area contributed by atoms with Gasteiger partial charge in [-0.1, -0.05) is 31.2 Å². The molecule has 4 aromatic rings. The summed E-state index contributed by atoms with van der Waals surface area (Å²) in [6.45, 7) is 3.10. The summed E-state index contributed by atoms with van der Waals surface area (Å²) in [5.74, 6) is 0.800. The molecule has 4 rings (SSSR count). The van der Waals surface area contributed by atoms with Gasteiger partial charge in [-0.05, 0) is 18.1 Å². The standard InChI is InChI=1S/C22H23N9O2/c1-2-15-3-5-16(6-4-15)20-18(30-12-11-24-14-30)13-27-22(29-20)26-10-9-25-19-8-7-17(31(32)33)21(23)28-19/h3-8,11-14H,2,9-10H2,1H3,(H3,23,25,28)(H,26,27,29). The summed E-state index contributed by atoms with van der Waals surface area (Å²) in [4.78, 5) is 27.6. The summed E-state index contributed by atoms with van der Waals surface area (Å²) in [6, 6.07) is 11.1. The summed E-state index contributed by atoms with van der Waals surface area (Å²) in [5.41, 5.74) is 9.25. The number of pyridine rings is 1. The molecular weight excluding hydrogens is 422 g/mol. The van der Waals surface area contributed by atoms with Crippen LogP contribution in [0.5, 0.6) is 0 Å². The van der Waals surface area contributed by atoms with Crippen molar-refractivity contribution in [3.05, 3.63) is 77.0 Å². The molecule has 1 aromatic carbocycles. The molecule has 0 atom stereocenters. The number of aryl methyl sites for hydroxylation is 1. The first-order valence-corrected chi connectivity index (χ1v) is 10.4. The van der Waals surface area contributed by atoms with Gasteiger partial charge in [0, 0.05) is 37.1 Å². The molecule has 0 aliphatic carbocycles. The molecule has 0 spiro atoms. The molecule has 0 unspecified atom stereocenters. The molecular formula is C22H23N9O2. The number of nitro groups is 1. The van der Waals surface area contributed by atoms with Crippen molar-refractivity contribution in [3.63, 3.8) is 0 Å². The second kappa shape index (κ2) is 9.73. The summed E-state index contributed by atoms with van der Waals surface area (Å²) in [7, 11) is 0. The van der Waals surface area contributed by atoms with Gasteiger partial charge in [-0.3, -0.25) is 10.1 Å². The second-order valence-electron chi connectivity index (χ2n) is 7.16. The van der Waals surface area contributed by atoms with Gasteiger partial charge in [0.2, 0.25) is 11.8 Å². The van der Waals surface area contributed by atoms with E-state index in [-0.39, 0.29) is 11.5 Å². The monoisotopic (exact) mass is 445 g/mol. The predicted molar refractivity (Wildman–Crippen MR) is 126 cm³/mol. The third kappa shape index (κ3) is 5.03. The third-order valence-corrected chi connectivity index (χ3v) is 5.00. The molecule has 33 heavy (non-hydrogen) atoms. The van der Waals surface area contributed by atoms with Crippen LogP contribution in [0.3, 0.4) is 0 Å². The Bertz CT molecular complexity index is 1240. The summed E-state index contributed by atoms with van der Waals surface area (Å²) in [5, 5.41) is 17.1. The lowest BCUT2D eigenvalue weighted by atomic mass is 10.1. The number of imidazole rings is 1. The van der Waals surface area contributed by atoms with E-state index < -0.39 is 4.92 Å². The molecule has 3 aromatic heterocycles. The van der Waals surface area contributed by atoms with Gasteiger partial charge >= 0.3 is 5.69 Å². The number of aromatic nitrogens is 5. The van der Waals surface area contributed by atoms with Crippen LogP contribution >= 0.6 is 0 Å². The molecule has 3 heterocycles. The van der Waals surface area contributed by atoms with Crippen molar-refractivity contribution in [1.82, 2.24) is 24.5 Å². The average Bonchev–Trinajstić information content (AvgIpc) is 3.36. The summed E-state index contributed by atoms with van der Waals surface area (Å²) >= 11 is 0. The minimum absolute atomic E-state index is 0.130. The molecule has 11 nitrogen and oxygen atoms in total. The zero-order chi connectivity index (χ0) is 23.2. The van der Waals surface area contributed by atoms with Gasteiger partial charge in [0.1, 0.15) is 5.82 Å². The van der Waals surface area contributed by atoms with Crippen molar-refractivity contribution < 1.29 is 4.92 Å². The Morgan fingerprint density at radius 3 is 2.55 bits per heavy atom. The molecule has 0 aliphatic heterocycles. The van der Waals surface area contributed by atoms with E-state index >= 15 is 0 Å². The van der Waals surface area contributed by atoms with E-state index in [4.69, 9.17) is 10.7 Å². The quantitative estimate of drug-likeness (QED) is 0.200. The van der Waals surface area contributed by atoms with E-state index in [1.54, 1.807) is 18.7 Å². The highest BCUT2D eigenvalue weighted by Crippen LogP contribution is 2.26. The number of nitrogens with two attached hydrogens (primary N) is 1. The Morgan fingerprint density at radius 2 is 1.88 bits per heavy atom. The number of nitrogens with one attached hydrogen (secondary N) is 2. The summed E-state index contributed by atoms with van der Waals surface area (Å²) < 4.78 is 1.87. The summed E-state index contributed by atoms with van der Waals surface area (Å²) in [6.07, 6.45) is 7.99. The molecule has 11 heteroatoms. The first-order chi connectivity index (χ1) is 16.0. The van der Waals surface area contributed by atoms with Gasteiger partial charge in [0.15, 0.2) is 0 Å². The maximum atomic E-state index is 10.8. The number of hydrogen-bond acceptors (Lipinski definition) is 9. The van der Waals surface area contributed by atoms with Gasteiger partial charge in [0.25, 0.3) is 0 Å². The van der Waals surface area contributed by atoms with Crippen molar-refractivity contribution in [1.29, 1.82) is 0 Å². The zero-order valence-electron chi connectivity index (χ0n) is 18.0. The predicted octanol–water partition coefficient (Wildman–Crippen LogP) is 3.30. The zero-order valence-corrected chi connectivity index (χ0v) is 18.0. The molecule has 0 fully saturated rings. The number of nitrogen functional groups attached to an aromatic ring is 1. The largest absolute Gasteiger partial charge is 0.378 e. The highest BCUT2D eigenvalue weighted by molar-refractivity contribution is 5.70. The van der Waals surface area contributed by atoms with Crippen molar-refractivity contribution in [3.8, 4) is 16.9 Å². The average molecular weight is 445 g/mol. The van der Waals surface area contributed by atoms with Crippen LogP contribution in [0.2, 0.25) is 0 Å². The number of anilines is 3. The Morgan fingerprint density at radius 1 is 1.09 bits per heavy atom. The van der Waals surface area contributed by atoms with Crippen LogP contribution in [0.1, 0.15) is 12.5 Å². The maximum absolute atomic E-state index is 10.8. The minimum atomic E-state index is -0.564. The van der Waals surface area contributed by atoms with Crippen LogP contribution in [0, 0.1) is 10.1 Å². The van der Waals surface area contributed by atoms with Crippen LogP contribution in [-0.2, 0) is 6.42 Å². The van der Waals surface area contributed by atoms with Crippen LogP contribution in [0.4, 0.5) is 23.3 Å². The van der Waals surface area contributed by atoms with Crippen LogP contribution in [-0.4, -0.2) is 42.5 Å². The van der Waals surface area contributed by atoms with Gasteiger partial charge in [-0.15, -0.1) is 0 Å². The van der Waals surface area contributed by atoms with E-state index in [9.17, 15) is 10.1 Å². The van der Waals surface area contributed by atoms with E-state index in [1.165, 1.54) is 17.7 Å². The first-order valence-electron chi connectivity index (χ1n) is 10.4. The smallest absolute Gasteiger partial charge is 0.311 e. The molecule has 168 valence electrons. The fourth-order valence-corrected chi connectivity index (χ4v) is 3.25. The molecule has 0 amide bonds. The Labute approximate surface area is 189 Å². The third-order valence-electron chi connectivity index (χ3n) is 5.00. The normalized spacial score (nSPS) is 10.7. The van der Waals surface area contributed by atoms with Crippen LogP contribution in [0.25, 0.3) is 16.9 Å². The van der Waals surface area contributed by atoms with Crippen LogP contribution in [0.15, 0.2) is 61.3 Å². The van der Waals surface area contributed by atoms with E-state index in [0.29, 0.717) is 24.9 Å². The molecule has 0 bridgehead atoms. The Kier molecular flexibility index (Phi) is 6.39. The highest BCUT2D eigenvalue weighted by Gasteiger charge is 2.13. The maximum Gasteiger partial charge on any atom is 0.311 e. The first kappa shape index (κ1) is 21.7. The fourth-order valence-electron chi connectivity index (χ4n) is 3.25. The number of benzene rings is 1. The van der Waals surface area contributed by atoms with Crippen LogP contribution < -0.4 is 16.4 Å². The van der Waals surface area contributed by atoms with Crippen molar-refractivity contribution in [2.24, 2.45) is 0 Å². The molecule has 4 N–H and O–H groups in total. The fraction of sp³-hybridized carbons (Fsp3) is 0.182. The molecule has 0 radical (unpaired) electrons. The van der Waals surface area contributed by atoms with Crippen molar-refractivity contribution >= 4 is 23.3 Å². The lowest BCUT2D eigenvalue weighted by Crippen LogP contribution is -2.16. The topological polar surface area (TPSA) is 150 Å². The lowest BCUT2D eigenvalue weighted by molar-refractivity contribution is -0.384. The minimum Gasteiger partial charge on any atom is -0.378 e. The Balaban J connectivity index is 1.47. The Hall–Kier alpha value is -4.54. The molecule has 0 saturated carbocycles. The number of nitrogens with zero attached hydrogens (tertiary/aromatic N) is 6. The van der Waals surface area contributed by atoms with Crippen molar-refractivity contribution in [2.45, 2.75) is 13.3 Å². The van der Waals surface area contributed by atoms with Gasteiger partial charge < -0.3 is 20.9 Å². The van der Waals surface area contributed by atoms with E-state index in [1.807, 2.05) is 10.8 Å². The van der Waals surface area contributed by atoms with E-state index in [0.717, 1.165) is 23.4 Å². The number of hydrogen-bond donors (Lipinski definition) is 3. The molecule has 0 saturated heterocycles. The SMILES string of the molecule is CCc1ccc(-c2nc(NCCNc3ccc([N+](=O)[O-])c(N)n3)ncc2-n2ccnc2)cc1. The van der Waals surface area contributed by atoms with Crippen molar-refractivity contribution in [2.75, 3.05) is 29.5 Å². The van der Waals surface area contributed by atoms with Gasteiger partial charge in [0.05, 0.1) is 28.8 Å². The van der Waals surface area contributed by atoms with E-state index in [2.05, 4.69) is 56.8 Å². The molecule has 0 aliphatic rings. The lowest BCUT2D eigenvalue weighted by Gasteiger charge is -2.13. The van der Waals surface area contributed by atoms with Gasteiger partial charge in [-0.25, -0.2) is 19.9 Å².